The maximum absolute atomic E-state index is 12.5. The first-order valence-corrected chi connectivity index (χ1v) is 3.70. The summed E-state index contributed by atoms with van der Waals surface area (Å²) in [4.78, 5) is 10.8. The summed E-state index contributed by atoms with van der Waals surface area (Å²) in [5.74, 6) is -3.14. The van der Waals surface area contributed by atoms with Gasteiger partial charge in [-0.1, -0.05) is 6.08 Å². The Labute approximate surface area is 69.2 Å². The molecule has 0 aliphatic heterocycles. The lowest BCUT2D eigenvalue weighted by atomic mass is 9.96. The van der Waals surface area contributed by atoms with E-state index in [9.17, 15) is 13.6 Å². The minimum atomic E-state index is -2.64. The summed E-state index contributed by atoms with van der Waals surface area (Å²) in [6.45, 7) is 0. The molecule has 12 heavy (non-hydrogen) atoms. The highest BCUT2D eigenvalue weighted by Crippen LogP contribution is 2.32. The van der Waals surface area contributed by atoms with E-state index in [0.29, 0.717) is 5.57 Å². The zero-order chi connectivity index (χ0) is 9.19. The van der Waals surface area contributed by atoms with Gasteiger partial charge in [0.05, 0.1) is 7.11 Å². The Morgan fingerprint density at radius 1 is 1.67 bits per heavy atom. The highest BCUT2D eigenvalue weighted by Gasteiger charge is 2.32. The minimum absolute atomic E-state index is 0.111. The number of halogens is 2. The Kier molecular flexibility index (Phi) is 2.45. The van der Waals surface area contributed by atoms with Crippen LogP contribution in [0.25, 0.3) is 0 Å². The van der Waals surface area contributed by atoms with Gasteiger partial charge in [-0.05, 0) is 6.42 Å². The quantitative estimate of drug-likeness (QED) is 0.570. The Morgan fingerprint density at radius 3 is 2.75 bits per heavy atom. The van der Waals surface area contributed by atoms with E-state index >= 15 is 0 Å². The molecule has 2 nitrogen and oxygen atoms in total. The van der Waals surface area contributed by atoms with E-state index < -0.39 is 11.9 Å². The molecular formula is C8H10F2O2. The Hall–Kier alpha value is -0.930. The Morgan fingerprint density at radius 2 is 2.33 bits per heavy atom. The molecular weight excluding hydrogens is 166 g/mol. The van der Waals surface area contributed by atoms with Crippen LogP contribution in [0.5, 0.6) is 0 Å². The third-order valence-electron chi connectivity index (χ3n) is 1.85. The average Bonchev–Trinajstić information content (AvgIpc) is 2.03. The molecule has 4 heteroatoms. The molecule has 0 atom stereocenters. The maximum Gasteiger partial charge on any atom is 0.333 e. The summed E-state index contributed by atoms with van der Waals surface area (Å²) >= 11 is 0. The molecule has 0 radical (unpaired) electrons. The van der Waals surface area contributed by atoms with Gasteiger partial charge in [-0.25, -0.2) is 13.6 Å². The van der Waals surface area contributed by atoms with Crippen LogP contribution in [0.3, 0.4) is 0 Å². The molecule has 0 aromatic carbocycles. The largest absolute Gasteiger partial charge is 0.466 e. The Balaban J connectivity index is 2.62. The van der Waals surface area contributed by atoms with Crippen LogP contribution in [0.2, 0.25) is 0 Å². The molecule has 0 heterocycles. The highest BCUT2D eigenvalue weighted by atomic mass is 19.3. The lowest BCUT2D eigenvalue weighted by Gasteiger charge is -2.19. The SMILES string of the molecule is COC(=O)C1=CCC(F)(F)CC1. The molecule has 0 aromatic rings. The van der Waals surface area contributed by atoms with Gasteiger partial charge < -0.3 is 4.74 Å². The normalized spacial score (nSPS) is 21.4. The number of carbonyl (C=O) groups is 1. The second kappa shape index (κ2) is 3.21. The molecule has 0 amide bonds. The average molecular weight is 176 g/mol. The number of rotatable bonds is 1. The van der Waals surface area contributed by atoms with Crippen LogP contribution >= 0.6 is 0 Å². The zero-order valence-electron chi connectivity index (χ0n) is 6.77. The predicted octanol–water partition coefficient (Wildman–Crippen LogP) is 1.91. The van der Waals surface area contributed by atoms with E-state index in [2.05, 4.69) is 4.74 Å². The van der Waals surface area contributed by atoms with Crippen molar-refractivity contribution in [1.29, 1.82) is 0 Å². The molecule has 0 spiro atoms. The summed E-state index contributed by atoms with van der Waals surface area (Å²) in [6, 6.07) is 0. The number of carbonyl (C=O) groups excluding carboxylic acids is 1. The topological polar surface area (TPSA) is 26.3 Å². The van der Waals surface area contributed by atoms with E-state index in [1.807, 2.05) is 0 Å². The van der Waals surface area contributed by atoms with Crippen molar-refractivity contribution >= 4 is 5.97 Å². The van der Waals surface area contributed by atoms with E-state index in [0.717, 1.165) is 0 Å². The summed E-state index contributed by atoms with van der Waals surface area (Å²) in [6.07, 6.45) is 0.764. The van der Waals surface area contributed by atoms with Gasteiger partial charge in [-0.15, -0.1) is 0 Å². The van der Waals surface area contributed by atoms with Crippen LogP contribution < -0.4 is 0 Å². The van der Waals surface area contributed by atoms with Crippen molar-refractivity contribution in [3.63, 3.8) is 0 Å². The van der Waals surface area contributed by atoms with Crippen LogP contribution in [0.15, 0.2) is 11.6 Å². The van der Waals surface area contributed by atoms with Crippen LogP contribution in [0, 0.1) is 0 Å². The van der Waals surface area contributed by atoms with Crippen LogP contribution in [-0.4, -0.2) is 19.0 Å². The number of hydrogen-bond acceptors (Lipinski definition) is 2. The lowest BCUT2D eigenvalue weighted by molar-refractivity contribution is -0.136. The Bertz CT molecular complexity index is 221. The number of esters is 1. The number of alkyl halides is 2. The second-order valence-corrected chi connectivity index (χ2v) is 2.78. The summed E-state index contributed by atoms with van der Waals surface area (Å²) in [5.41, 5.74) is 0.364. The molecule has 1 aliphatic carbocycles. The predicted molar refractivity (Wildman–Crippen MR) is 38.9 cm³/mol. The van der Waals surface area contributed by atoms with E-state index in [4.69, 9.17) is 0 Å². The van der Waals surface area contributed by atoms with Crippen molar-refractivity contribution in [3.05, 3.63) is 11.6 Å². The molecule has 1 aliphatic rings. The number of allylic oxidation sites excluding steroid dienone is 1. The van der Waals surface area contributed by atoms with Crippen molar-refractivity contribution in [3.8, 4) is 0 Å². The minimum Gasteiger partial charge on any atom is -0.466 e. The van der Waals surface area contributed by atoms with Gasteiger partial charge in [0.2, 0.25) is 0 Å². The van der Waals surface area contributed by atoms with Crippen molar-refractivity contribution < 1.29 is 18.3 Å². The van der Waals surface area contributed by atoms with Gasteiger partial charge in [-0.2, -0.15) is 0 Å². The number of ether oxygens (including phenoxy) is 1. The molecule has 0 fully saturated rings. The summed E-state index contributed by atoms with van der Waals surface area (Å²) in [7, 11) is 1.25. The van der Waals surface area contributed by atoms with Gasteiger partial charge in [0.15, 0.2) is 0 Å². The van der Waals surface area contributed by atoms with Gasteiger partial charge in [-0.3, -0.25) is 0 Å². The molecule has 0 saturated heterocycles. The molecule has 0 N–H and O–H groups in total. The maximum atomic E-state index is 12.5. The van der Waals surface area contributed by atoms with Crippen molar-refractivity contribution in [2.75, 3.05) is 7.11 Å². The highest BCUT2D eigenvalue weighted by molar-refractivity contribution is 5.88. The van der Waals surface area contributed by atoms with E-state index in [-0.39, 0.29) is 19.3 Å². The summed E-state index contributed by atoms with van der Waals surface area (Å²) in [5, 5.41) is 0. The first-order valence-electron chi connectivity index (χ1n) is 3.70. The fourth-order valence-corrected chi connectivity index (χ4v) is 1.11. The lowest BCUT2D eigenvalue weighted by Crippen LogP contribution is -2.21. The molecule has 0 saturated carbocycles. The molecule has 0 unspecified atom stereocenters. The molecule has 1 rings (SSSR count). The smallest absolute Gasteiger partial charge is 0.333 e. The molecule has 0 aromatic heterocycles. The van der Waals surface area contributed by atoms with Gasteiger partial charge in [0, 0.05) is 18.4 Å². The van der Waals surface area contributed by atoms with Crippen LogP contribution in [0.1, 0.15) is 19.3 Å². The van der Waals surface area contributed by atoms with E-state index in [1.165, 1.54) is 13.2 Å². The van der Waals surface area contributed by atoms with Gasteiger partial charge >= 0.3 is 5.97 Å². The fraction of sp³-hybridized carbons (Fsp3) is 0.625. The first kappa shape index (κ1) is 9.16. The standard InChI is InChI=1S/C8H10F2O2/c1-12-7(11)6-2-4-8(9,10)5-3-6/h2H,3-5H2,1H3. The van der Waals surface area contributed by atoms with Crippen molar-refractivity contribution in [1.82, 2.24) is 0 Å². The van der Waals surface area contributed by atoms with Crippen molar-refractivity contribution in [2.24, 2.45) is 0 Å². The first-order chi connectivity index (χ1) is 5.55. The second-order valence-electron chi connectivity index (χ2n) is 2.78. The van der Waals surface area contributed by atoms with Crippen molar-refractivity contribution in [2.45, 2.75) is 25.2 Å². The fourth-order valence-electron chi connectivity index (χ4n) is 1.11. The van der Waals surface area contributed by atoms with Gasteiger partial charge in [0.25, 0.3) is 5.92 Å². The van der Waals surface area contributed by atoms with Gasteiger partial charge in [0.1, 0.15) is 0 Å². The number of hydrogen-bond donors (Lipinski definition) is 0. The number of methoxy groups -OCH3 is 1. The molecule has 68 valence electrons. The third-order valence-corrected chi connectivity index (χ3v) is 1.85. The van der Waals surface area contributed by atoms with Crippen LogP contribution in [0.4, 0.5) is 8.78 Å². The summed E-state index contributed by atoms with van der Waals surface area (Å²) < 4.78 is 29.5. The van der Waals surface area contributed by atoms with E-state index in [1.54, 1.807) is 0 Å². The zero-order valence-corrected chi connectivity index (χ0v) is 6.77. The molecule has 0 bridgehead atoms. The monoisotopic (exact) mass is 176 g/mol. The third kappa shape index (κ3) is 2.03. The van der Waals surface area contributed by atoms with Crippen LogP contribution in [-0.2, 0) is 9.53 Å².